The smallest absolute Gasteiger partial charge is 0.305 e. The summed E-state index contributed by atoms with van der Waals surface area (Å²) in [5, 5.41) is 22.1. The maximum atomic E-state index is 13.2. The zero-order valence-corrected chi connectivity index (χ0v) is 10.9. The molecule has 0 aromatic heterocycles. The van der Waals surface area contributed by atoms with Crippen molar-refractivity contribution in [2.24, 2.45) is 5.92 Å². The van der Waals surface area contributed by atoms with Gasteiger partial charge in [0.25, 0.3) is 11.6 Å². The maximum absolute atomic E-state index is 13.2. The molecule has 112 valence electrons. The van der Waals surface area contributed by atoms with Crippen LogP contribution in [-0.2, 0) is 4.79 Å². The van der Waals surface area contributed by atoms with Crippen LogP contribution in [0.4, 0.5) is 10.1 Å². The zero-order chi connectivity index (χ0) is 15.6. The number of benzene rings is 1. The van der Waals surface area contributed by atoms with Crippen LogP contribution < -0.4 is 5.32 Å². The summed E-state index contributed by atoms with van der Waals surface area (Å²) >= 11 is 0. The molecule has 0 spiro atoms. The molecule has 2 N–H and O–H groups in total. The highest BCUT2D eigenvalue weighted by Crippen LogP contribution is 2.34. The van der Waals surface area contributed by atoms with Gasteiger partial charge in [-0.05, 0) is 30.9 Å². The second-order valence-electron chi connectivity index (χ2n) is 4.93. The Balaban J connectivity index is 2.20. The maximum Gasteiger partial charge on any atom is 0.305 e. The molecule has 0 saturated heterocycles. The Morgan fingerprint density at radius 1 is 1.48 bits per heavy atom. The predicted octanol–water partition coefficient (Wildman–Crippen LogP) is 1.72. The van der Waals surface area contributed by atoms with Crippen molar-refractivity contribution in [2.45, 2.75) is 25.3 Å². The van der Waals surface area contributed by atoms with Crippen molar-refractivity contribution >= 4 is 17.6 Å². The van der Waals surface area contributed by atoms with Crippen LogP contribution in [0.3, 0.4) is 0 Å². The number of carboxylic acids is 1. The third-order valence-corrected chi connectivity index (χ3v) is 3.30. The van der Waals surface area contributed by atoms with Crippen molar-refractivity contribution in [2.75, 3.05) is 0 Å². The van der Waals surface area contributed by atoms with Gasteiger partial charge in [-0.15, -0.1) is 0 Å². The Bertz CT molecular complexity index is 600. The summed E-state index contributed by atoms with van der Waals surface area (Å²) in [5.74, 6) is -2.62. The molecule has 0 bridgehead atoms. The second kappa shape index (κ2) is 5.86. The van der Waals surface area contributed by atoms with E-state index in [1.54, 1.807) is 0 Å². The van der Waals surface area contributed by atoms with Gasteiger partial charge in [0.2, 0.25) is 0 Å². The molecule has 1 fully saturated rings. The first kappa shape index (κ1) is 14.9. The lowest BCUT2D eigenvalue weighted by atomic mass is 10.1. The summed E-state index contributed by atoms with van der Waals surface area (Å²) in [5.41, 5.74) is -0.921. The van der Waals surface area contributed by atoms with E-state index in [-0.39, 0.29) is 12.3 Å². The Morgan fingerprint density at radius 2 is 2.14 bits per heavy atom. The van der Waals surface area contributed by atoms with Gasteiger partial charge < -0.3 is 10.4 Å². The van der Waals surface area contributed by atoms with Crippen molar-refractivity contribution in [3.05, 3.63) is 39.7 Å². The minimum absolute atomic E-state index is 0.0534. The van der Waals surface area contributed by atoms with Crippen LogP contribution in [-0.4, -0.2) is 27.9 Å². The molecule has 1 atom stereocenters. The number of nitrogens with zero attached hydrogens (tertiary/aromatic N) is 1. The van der Waals surface area contributed by atoms with Crippen LogP contribution in [0.2, 0.25) is 0 Å². The zero-order valence-electron chi connectivity index (χ0n) is 10.9. The lowest BCUT2D eigenvalue weighted by Crippen LogP contribution is -2.38. The van der Waals surface area contributed by atoms with Gasteiger partial charge in [-0.1, -0.05) is 0 Å². The third kappa shape index (κ3) is 3.74. The predicted molar refractivity (Wildman–Crippen MR) is 69.3 cm³/mol. The first-order chi connectivity index (χ1) is 9.88. The highest BCUT2D eigenvalue weighted by Gasteiger charge is 2.35. The molecule has 1 aliphatic rings. The lowest BCUT2D eigenvalue weighted by Gasteiger charge is -2.16. The van der Waals surface area contributed by atoms with E-state index >= 15 is 0 Å². The van der Waals surface area contributed by atoms with Crippen LogP contribution in [0.1, 0.15) is 29.6 Å². The standard InChI is InChI=1S/C13H13FN2O5/c14-8-3-4-11(16(20)21)9(5-8)13(19)15-10(6-12(17)18)7-1-2-7/h3-5,7,10H,1-2,6H2,(H,15,19)(H,17,18). The number of hydrogen-bond donors (Lipinski definition) is 2. The highest BCUT2D eigenvalue weighted by atomic mass is 19.1. The number of carboxylic acid groups (broad SMARTS) is 1. The number of amides is 1. The molecular weight excluding hydrogens is 283 g/mol. The fourth-order valence-corrected chi connectivity index (χ4v) is 2.12. The van der Waals surface area contributed by atoms with Crippen molar-refractivity contribution < 1.29 is 24.0 Å². The monoisotopic (exact) mass is 296 g/mol. The Kier molecular flexibility index (Phi) is 4.15. The van der Waals surface area contributed by atoms with Crippen LogP contribution >= 0.6 is 0 Å². The average Bonchev–Trinajstić information content (AvgIpc) is 3.21. The first-order valence-electron chi connectivity index (χ1n) is 6.35. The number of carbonyl (C=O) groups excluding carboxylic acids is 1. The minimum atomic E-state index is -1.07. The number of aliphatic carboxylic acids is 1. The largest absolute Gasteiger partial charge is 0.481 e. The molecule has 0 radical (unpaired) electrons. The van der Waals surface area contributed by atoms with Crippen molar-refractivity contribution in [1.82, 2.24) is 5.32 Å². The summed E-state index contributed by atoms with van der Waals surface area (Å²) < 4.78 is 13.2. The molecular formula is C13H13FN2O5. The van der Waals surface area contributed by atoms with Gasteiger partial charge in [0.15, 0.2) is 0 Å². The van der Waals surface area contributed by atoms with E-state index in [0.29, 0.717) is 0 Å². The average molecular weight is 296 g/mol. The number of rotatable bonds is 6. The summed E-state index contributed by atoms with van der Waals surface area (Å²) in [7, 11) is 0. The number of carbonyl (C=O) groups is 2. The minimum Gasteiger partial charge on any atom is -0.481 e. The van der Waals surface area contributed by atoms with E-state index in [1.165, 1.54) is 0 Å². The van der Waals surface area contributed by atoms with E-state index in [1.807, 2.05) is 0 Å². The Hall–Kier alpha value is -2.51. The van der Waals surface area contributed by atoms with Gasteiger partial charge in [0.05, 0.1) is 11.3 Å². The number of nitro benzene ring substituents is 1. The van der Waals surface area contributed by atoms with Crippen LogP contribution in [0.5, 0.6) is 0 Å². The molecule has 0 aliphatic heterocycles. The molecule has 1 aromatic rings. The van der Waals surface area contributed by atoms with E-state index in [0.717, 1.165) is 31.0 Å². The summed E-state index contributed by atoms with van der Waals surface area (Å²) in [6.45, 7) is 0. The summed E-state index contributed by atoms with van der Waals surface area (Å²) in [6, 6.07) is 1.98. The lowest BCUT2D eigenvalue weighted by molar-refractivity contribution is -0.385. The van der Waals surface area contributed by atoms with Crippen molar-refractivity contribution in [1.29, 1.82) is 0 Å². The molecule has 0 heterocycles. The van der Waals surface area contributed by atoms with Gasteiger partial charge in [0, 0.05) is 12.1 Å². The van der Waals surface area contributed by atoms with E-state index in [2.05, 4.69) is 5.32 Å². The topological polar surface area (TPSA) is 110 Å². The molecule has 2 rings (SSSR count). The molecule has 21 heavy (non-hydrogen) atoms. The van der Waals surface area contributed by atoms with Gasteiger partial charge in [-0.25, -0.2) is 4.39 Å². The number of hydrogen-bond acceptors (Lipinski definition) is 4. The fraction of sp³-hybridized carbons (Fsp3) is 0.385. The molecule has 7 nitrogen and oxygen atoms in total. The molecule has 1 unspecified atom stereocenters. The van der Waals surface area contributed by atoms with Crippen LogP contribution in [0.15, 0.2) is 18.2 Å². The van der Waals surface area contributed by atoms with Crippen LogP contribution in [0, 0.1) is 21.8 Å². The van der Waals surface area contributed by atoms with Crippen LogP contribution in [0.25, 0.3) is 0 Å². The first-order valence-corrected chi connectivity index (χ1v) is 6.35. The van der Waals surface area contributed by atoms with E-state index in [4.69, 9.17) is 5.11 Å². The number of nitro groups is 1. The Morgan fingerprint density at radius 3 is 2.67 bits per heavy atom. The summed E-state index contributed by atoms with van der Waals surface area (Å²) in [6.07, 6.45) is 1.33. The number of halogens is 1. The quantitative estimate of drug-likeness (QED) is 0.613. The van der Waals surface area contributed by atoms with Gasteiger partial charge in [0.1, 0.15) is 11.4 Å². The van der Waals surface area contributed by atoms with Crippen molar-refractivity contribution in [3.63, 3.8) is 0 Å². The van der Waals surface area contributed by atoms with E-state index in [9.17, 15) is 24.1 Å². The normalized spacial score (nSPS) is 15.3. The molecule has 1 aromatic carbocycles. The van der Waals surface area contributed by atoms with Gasteiger partial charge in [-0.2, -0.15) is 0 Å². The SMILES string of the molecule is O=C(O)CC(NC(=O)c1cc(F)ccc1[N+](=O)[O-])C1CC1. The highest BCUT2D eigenvalue weighted by molar-refractivity contribution is 5.98. The molecule has 1 saturated carbocycles. The van der Waals surface area contributed by atoms with Gasteiger partial charge in [-0.3, -0.25) is 19.7 Å². The third-order valence-electron chi connectivity index (χ3n) is 3.30. The van der Waals surface area contributed by atoms with Gasteiger partial charge >= 0.3 is 5.97 Å². The van der Waals surface area contributed by atoms with E-state index < -0.39 is 39.9 Å². The second-order valence-corrected chi connectivity index (χ2v) is 4.93. The summed E-state index contributed by atoms with van der Waals surface area (Å²) in [4.78, 5) is 32.9. The molecule has 1 aliphatic carbocycles. The van der Waals surface area contributed by atoms with Crippen molar-refractivity contribution in [3.8, 4) is 0 Å². The number of nitrogens with one attached hydrogen (secondary N) is 1. The fourth-order valence-electron chi connectivity index (χ4n) is 2.12. The molecule has 8 heteroatoms. The Labute approximate surface area is 118 Å². The molecule has 1 amide bonds.